The highest BCUT2D eigenvalue weighted by atomic mass is 16.5. The third kappa shape index (κ3) is 4.60. The number of hydrogen-bond acceptors (Lipinski definition) is 6. The molecule has 2 N–H and O–H groups in total. The number of aromatic nitrogens is 2. The summed E-state index contributed by atoms with van der Waals surface area (Å²) >= 11 is 0. The van der Waals surface area contributed by atoms with Crippen LogP contribution in [0.3, 0.4) is 0 Å². The molecule has 0 saturated carbocycles. The van der Waals surface area contributed by atoms with E-state index in [2.05, 4.69) is 52.9 Å². The number of hydrogen-bond donors (Lipinski definition) is 2. The molecule has 1 aromatic heterocycles. The zero-order chi connectivity index (χ0) is 20.1. The molecule has 0 amide bonds. The van der Waals surface area contributed by atoms with Gasteiger partial charge in [0.15, 0.2) is 0 Å². The second kappa shape index (κ2) is 8.82. The van der Waals surface area contributed by atoms with Crippen molar-refractivity contribution in [2.75, 3.05) is 31.6 Å². The Morgan fingerprint density at radius 2 is 1.90 bits per heavy atom. The van der Waals surface area contributed by atoms with Crippen LogP contribution in [0.15, 0.2) is 54.7 Å². The second-order valence-electron chi connectivity index (χ2n) is 7.09. The number of morpholine rings is 1. The fraction of sp³-hybridized carbons (Fsp3) is 0.261. The molecule has 0 spiro atoms. The van der Waals surface area contributed by atoms with E-state index in [1.165, 1.54) is 5.56 Å². The Balaban J connectivity index is 1.66. The van der Waals surface area contributed by atoms with Crippen molar-refractivity contribution in [1.29, 1.82) is 5.26 Å². The molecule has 0 aliphatic carbocycles. The zero-order valence-electron chi connectivity index (χ0n) is 16.4. The molecule has 29 heavy (non-hydrogen) atoms. The smallest absolute Gasteiger partial charge is 0.223 e. The minimum atomic E-state index is 0.0995. The van der Waals surface area contributed by atoms with Crippen LogP contribution in [0.5, 0.6) is 0 Å². The van der Waals surface area contributed by atoms with E-state index in [0.717, 1.165) is 42.1 Å². The normalized spacial score (nSPS) is 16.2. The lowest BCUT2D eigenvalue weighted by Gasteiger charge is -2.23. The molecule has 1 saturated heterocycles. The fourth-order valence-electron chi connectivity index (χ4n) is 3.29. The zero-order valence-corrected chi connectivity index (χ0v) is 16.4. The Morgan fingerprint density at radius 3 is 2.59 bits per heavy atom. The van der Waals surface area contributed by atoms with Crippen LogP contribution < -0.4 is 10.6 Å². The minimum Gasteiger partial charge on any atom is -0.374 e. The molecule has 6 heteroatoms. The van der Waals surface area contributed by atoms with E-state index in [-0.39, 0.29) is 6.10 Å². The maximum atomic E-state index is 9.09. The van der Waals surface area contributed by atoms with Crippen LogP contribution in [0.25, 0.3) is 22.4 Å². The van der Waals surface area contributed by atoms with Gasteiger partial charge in [0.05, 0.1) is 30.0 Å². The van der Waals surface area contributed by atoms with E-state index < -0.39 is 0 Å². The Morgan fingerprint density at radius 1 is 1.14 bits per heavy atom. The van der Waals surface area contributed by atoms with Gasteiger partial charge in [-0.15, -0.1) is 0 Å². The molecule has 1 aliphatic heterocycles. The van der Waals surface area contributed by atoms with E-state index in [1.807, 2.05) is 30.5 Å². The van der Waals surface area contributed by atoms with Crippen molar-refractivity contribution in [1.82, 2.24) is 15.3 Å². The molecule has 0 radical (unpaired) electrons. The number of aryl methyl sites for hydroxylation is 1. The molecule has 1 fully saturated rings. The molecule has 6 nitrogen and oxygen atoms in total. The monoisotopic (exact) mass is 385 g/mol. The van der Waals surface area contributed by atoms with Crippen molar-refractivity contribution >= 4 is 5.95 Å². The van der Waals surface area contributed by atoms with Gasteiger partial charge < -0.3 is 15.4 Å². The first-order valence-corrected chi connectivity index (χ1v) is 9.74. The SMILES string of the molecule is Cc1ccc(-c2cnc(NCC3CNCCO3)nc2-c2ccc(C#N)cc2)cc1. The summed E-state index contributed by atoms with van der Waals surface area (Å²) in [5, 5.41) is 15.7. The molecular formula is C23H23N5O. The number of nitrogens with zero attached hydrogens (tertiary/aromatic N) is 3. The van der Waals surface area contributed by atoms with Gasteiger partial charge in [0.25, 0.3) is 0 Å². The lowest BCUT2D eigenvalue weighted by atomic mass is 9.99. The fourth-order valence-corrected chi connectivity index (χ4v) is 3.29. The summed E-state index contributed by atoms with van der Waals surface area (Å²) < 4.78 is 5.73. The Bertz CT molecular complexity index is 1000. The van der Waals surface area contributed by atoms with Crippen molar-refractivity contribution in [2.45, 2.75) is 13.0 Å². The van der Waals surface area contributed by atoms with Crippen LogP contribution in [0.4, 0.5) is 5.95 Å². The summed E-state index contributed by atoms with van der Waals surface area (Å²) in [5.41, 5.74) is 5.62. The van der Waals surface area contributed by atoms with Crippen molar-refractivity contribution in [3.05, 3.63) is 65.9 Å². The van der Waals surface area contributed by atoms with Gasteiger partial charge in [0, 0.05) is 37.0 Å². The van der Waals surface area contributed by atoms with Gasteiger partial charge in [-0.1, -0.05) is 42.0 Å². The highest BCUT2D eigenvalue weighted by molar-refractivity contribution is 5.81. The van der Waals surface area contributed by atoms with Crippen LogP contribution in [-0.2, 0) is 4.74 Å². The first-order chi connectivity index (χ1) is 14.2. The molecule has 1 aliphatic rings. The van der Waals surface area contributed by atoms with Crippen LogP contribution in [0, 0.1) is 18.3 Å². The number of ether oxygens (including phenoxy) is 1. The molecule has 0 bridgehead atoms. The van der Waals surface area contributed by atoms with Gasteiger partial charge in [-0.25, -0.2) is 9.97 Å². The van der Waals surface area contributed by atoms with Gasteiger partial charge in [-0.2, -0.15) is 5.26 Å². The number of nitrogens with one attached hydrogen (secondary N) is 2. The summed E-state index contributed by atoms with van der Waals surface area (Å²) in [6, 6.07) is 18.0. The van der Waals surface area contributed by atoms with Gasteiger partial charge in [0.2, 0.25) is 5.95 Å². The summed E-state index contributed by atoms with van der Waals surface area (Å²) in [6.45, 7) is 5.13. The van der Waals surface area contributed by atoms with Crippen molar-refractivity contribution in [2.24, 2.45) is 0 Å². The quantitative estimate of drug-likeness (QED) is 0.701. The molecule has 4 rings (SSSR count). The third-order valence-corrected chi connectivity index (χ3v) is 4.93. The predicted octanol–water partition coefficient (Wildman–Crippen LogP) is 3.39. The average Bonchev–Trinajstić information content (AvgIpc) is 2.79. The first kappa shape index (κ1) is 19.1. The second-order valence-corrected chi connectivity index (χ2v) is 7.09. The highest BCUT2D eigenvalue weighted by Gasteiger charge is 2.15. The predicted molar refractivity (Wildman–Crippen MR) is 113 cm³/mol. The summed E-state index contributed by atoms with van der Waals surface area (Å²) in [6.07, 6.45) is 1.95. The third-order valence-electron chi connectivity index (χ3n) is 4.93. The van der Waals surface area contributed by atoms with Gasteiger partial charge >= 0.3 is 0 Å². The Labute approximate surface area is 170 Å². The molecule has 3 aromatic rings. The highest BCUT2D eigenvalue weighted by Crippen LogP contribution is 2.31. The van der Waals surface area contributed by atoms with Gasteiger partial charge in [-0.05, 0) is 24.6 Å². The summed E-state index contributed by atoms with van der Waals surface area (Å²) in [4.78, 5) is 9.33. The summed E-state index contributed by atoms with van der Waals surface area (Å²) in [5.74, 6) is 0.564. The van der Waals surface area contributed by atoms with Crippen LogP contribution in [-0.4, -0.2) is 42.3 Å². The minimum absolute atomic E-state index is 0.0995. The van der Waals surface area contributed by atoms with Gasteiger partial charge in [-0.3, -0.25) is 0 Å². The molecule has 2 aromatic carbocycles. The molecule has 1 unspecified atom stereocenters. The number of rotatable bonds is 5. The van der Waals surface area contributed by atoms with E-state index in [4.69, 9.17) is 15.0 Å². The van der Waals surface area contributed by atoms with E-state index in [0.29, 0.717) is 18.1 Å². The van der Waals surface area contributed by atoms with Crippen LogP contribution >= 0.6 is 0 Å². The van der Waals surface area contributed by atoms with Crippen molar-refractivity contribution in [3.63, 3.8) is 0 Å². The maximum Gasteiger partial charge on any atom is 0.223 e. The van der Waals surface area contributed by atoms with Gasteiger partial charge in [0.1, 0.15) is 0 Å². The van der Waals surface area contributed by atoms with Crippen LogP contribution in [0.2, 0.25) is 0 Å². The standard InChI is InChI=1S/C23H23N5O/c1-16-2-6-18(7-3-16)21-15-27-23(26-14-20-13-25-10-11-29-20)28-22(21)19-8-4-17(12-24)5-9-19/h2-9,15,20,25H,10-11,13-14H2,1H3,(H,26,27,28). The van der Waals surface area contributed by atoms with Crippen LogP contribution in [0.1, 0.15) is 11.1 Å². The number of nitriles is 1. The number of anilines is 1. The van der Waals surface area contributed by atoms with Crippen molar-refractivity contribution in [3.8, 4) is 28.5 Å². The van der Waals surface area contributed by atoms with Crippen molar-refractivity contribution < 1.29 is 4.74 Å². The average molecular weight is 385 g/mol. The van der Waals surface area contributed by atoms with E-state index in [1.54, 1.807) is 0 Å². The Kier molecular flexibility index (Phi) is 5.80. The maximum absolute atomic E-state index is 9.09. The number of benzene rings is 2. The molecule has 1 atom stereocenters. The largest absolute Gasteiger partial charge is 0.374 e. The van der Waals surface area contributed by atoms with E-state index >= 15 is 0 Å². The lowest BCUT2D eigenvalue weighted by Crippen LogP contribution is -2.42. The topological polar surface area (TPSA) is 82.9 Å². The Hall–Kier alpha value is -3.27. The molecule has 2 heterocycles. The van der Waals surface area contributed by atoms with E-state index in [9.17, 15) is 0 Å². The lowest BCUT2D eigenvalue weighted by molar-refractivity contribution is 0.0371. The first-order valence-electron chi connectivity index (χ1n) is 9.74. The molecule has 146 valence electrons. The summed E-state index contributed by atoms with van der Waals surface area (Å²) in [7, 11) is 0. The molecular weight excluding hydrogens is 362 g/mol.